The van der Waals surface area contributed by atoms with Crippen molar-refractivity contribution in [1.29, 1.82) is 0 Å². The molecule has 1 saturated heterocycles. The maximum atomic E-state index is 13.1. The van der Waals surface area contributed by atoms with Crippen LogP contribution in [-0.2, 0) is 6.54 Å². The molecule has 1 heterocycles. The summed E-state index contributed by atoms with van der Waals surface area (Å²) in [5.74, 6) is 0.821. The van der Waals surface area contributed by atoms with Gasteiger partial charge in [-0.2, -0.15) is 0 Å². The van der Waals surface area contributed by atoms with E-state index in [9.17, 15) is 9.59 Å². The summed E-state index contributed by atoms with van der Waals surface area (Å²) < 4.78 is 5.32. The first-order valence-corrected chi connectivity index (χ1v) is 10.7. The number of fused-ring (bicyclic) bond motifs is 1. The van der Waals surface area contributed by atoms with Gasteiger partial charge < -0.3 is 25.2 Å². The molecular formula is C23H30N4O3. The van der Waals surface area contributed by atoms with E-state index in [1.165, 1.54) is 0 Å². The average molecular weight is 411 g/mol. The molecular weight excluding hydrogens is 380 g/mol. The molecule has 7 nitrogen and oxygen atoms in total. The minimum absolute atomic E-state index is 0.0352. The maximum absolute atomic E-state index is 13.1. The number of carbonyl (C=O) groups is 2. The van der Waals surface area contributed by atoms with Crippen molar-refractivity contribution in [3.8, 4) is 5.75 Å². The second-order valence-corrected chi connectivity index (χ2v) is 8.14. The van der Waals surface area contributed by atoms with Gasteiger partial charge in [-0.3, -0.25) is 0 Å². The van der Waals surface area contributed by atoms with Crippen LogP contribution in [0.4, 0.5) is 9.59 Å². The Morgan fingerprint density at radius 1 is 1.10 bits per heavy atom. The smallest absolute Gasteiger partial charge is 0.318 e. The zero-order valence-electron chi connectivity index (χ0n) is 17.7. The first-order chi connectivity index (χ1) is 14.6. The van der Waals surface area contributed by atoms with Gasteiger partial charge in [-0.05, 0) is 60.2 Å². The molecule has 0 bridgehead atoms. The number of hydrogen-bond donors (Lipinski definition) is 2. The first-order valence-electron chi connectivity index (χ1n) is 10.7. The fraction of sp³-hybridized carbons (Fsp3) is 0.478. The molecule has 1 atom stereocenters. The van der Waals surface area contributed by atoms with Gasteiger partial charge in [-0.15, -0.1) is 0 Å². The number of carbonyl (C=O) groups excluding carboxylic acids is 2. The number of piperidine rings is 1. The summed E-state index contributed by atoms with van der Waals surface area (Å²) in [5.41, 5.74) is 1.05. The van der Waals surface area contributed by atoms with E-state index in [1.54, 1.807) is 14.2 Å². The van der Waals surface area contributed by atoms with Crippen molar-refractivity contribution in [1.82, 2.24) is 20.4 Å². The van der Waals surface area contributed by atoms with E-state index < -0.39 is 0 Å². The van der Waals surface area contributed by atoms with Crippen molar-refractivity contribution in [2.45, 2.75) is 44.3 Å². The molecule has 2 fully saturated rings. The third kappa shape index (κ3) is 4.45. The highest BCUT2D eigenvalue weighted by Gasteiger charge is 2.39. The van der Waals surface area contributed by atoms with E-state index >= 15 is 0 Å². The van der Waals surface area contributed by atoms with E-state index in [1.807, 2.05) is 34.1 Å². The number of likely N-dealkylation sites (tertiary alicyclic amines) is 1. The maximum Gasteiger partial charge on any atom is 0.318 e. The van der Waals surface area contributed by atoms with Gasteiger partial charge >= 0.3 is 12.1 Å². The number of urea groups is 2. The molecule has 2 aromatic carbocycles. The van der Waals surface area contributed by atoms with E-state index in [4.69, 9.17) is 4.74 Å². The van der Waals surface area contributed by atoms with Gasteiger partial charge in [0.1, 0.15) is 5.75 Å². The number of hydrogen-bond acceptors (Lipinski definition) is 3. The lowest BCUT2D eigenvalue weighted by atomic mass is 10.0. The monoisotopic (exact) mass is 410 g/mol. The summed E-state index contributed by atoms with van der Waals surface area (Å²) in [7, 11) is 3.31. The number of methoxy groups -OCH3 is 1. The van der Waals surface area contributed by atoms with Crippen molar-refractivity contribution < 1.29 is 14.3 Å². The Kier molecular flexibility index (Phi) is 5.97. The molecule has 0 spiro atoms. The minimum atomic E-state index is -0.0672. The molecule has 30 heavy (non-hydrogen) atoms. The lowest BCUT2D eigenvalue weighted by molar-refractivity contribution is 0.116. The molecule has 4 amide bonds. The van der Waals surface area contributed by atoms with Crippen LogP contribution in [0.25, 0.3) is 10.8 Å². The predicted octanol–water partition coefficient (Wildman–Crippen LogP) is 3.33. The Bertz CT molecular complexity index is 928. The molecule has 160 valence electrons. The van der Waals surface area contributed by atoms with Crippen LogP contribution in [0.3, 0.4) is 0 Å². The Balaban J connectivity index is 1.42. The van der Waals surface area contributed by atoms with E-state index in [0.717, 1.165) is 54.3 Å². The fourth-order valence-electron chi connectivity index (χ4n) is 4.29. The molecule has 1 saturated carbocycles. The molecule has 2 N–H and O–H groups in total. The summed E-state index contributed by atoms with van der Waals surface area (Å²) in [6, 6.07) is 12.5. The van der Waals surface area contributed by atoms with Crippen LogP contribution in [0.2, 0.25) is 0 Å². The zero-order valence-corrected chi connectivity index (χ0v) is 17.7. The van der Waals surface area contributed by atoms with Crippen LogP contribution in [0.15, 0.2) is 36.4 Å². The summed E-state index contributed by atoms with van der Waals surface area (Å²) in [4.78, 5) is 28.9. The lowest BCUT2D eigenvalue weighted by Gasteiger charge is -2.39. The Morgan fingerprint density at radius 3 is 2.63 bits per heavy atom. The number of nitrogens with zero attached hydrogens (tertiary/aromatic N) is 2. The minimum Gasteiger partial charge on any atom is -0.497 e. The summed E-state index contributed by atoms with van der Waals surface area (Å²) in [6.45, 7) is 1.82. The Hall–Kier alpha value is -2.96. The second-order valence-electron chi connectivity index (χ2n) is 8.14. The van der Waals surface area contributed by atoms with Gasteiger partial charge in [0.25, 0.3) is 0 Å². The van der Waals surface area contributed by atoms with Crippen molar-refractivity contribution in [2.24, 2.45) is 0 Å². The van der Waals surface area contributed by atoms with E-state index in [-0.39, 0.29) is 18.1 Å². The van der Waals surface area contributed by atoms with Crippen LogP contribution in [0.1, 0.15) is 31.2 Å². The molecule has 2 aromatic rings. The fourth-order valence-corrected chi connectivity index (χ4v) is 4.29. The summed E-state index contributed by atoms with van der Waals surface area (Å²) >= 11 is 0. The Morgan fingerprint density at radius 2 is 1.90 bits per heavy atom. The quantitative estimate of drug-likeness (QED) is 0.794. The highest BCUT2D eigenvalue weighted by Crippen LogP contribution is 2.31. The topological polar surface area (TPSA) is 73.9 Å². The highest BCUT2D eigenvalue weighted by atomic mass is 16.5. The number of benzene rings is 2. The van der Waals surface area contributed by atoms with Crippen molar-refractivity contribution in [3.05, 3.63) is 42.0 Å². The van der Waals surface area contributed by atoms with Crippen molar-refractivity contribution >= 4 is 22.8 Å². The molecule has 0 radical (unpaired) electrons. The van der Waals surface area contributed by atoms with Crippen LogP contribution < -0.4 is 15.4 Å². The van der Waals surface area contributed by atoms with E-state index in [2.05, 4.69) is 22.8 Å². The van der Waals surface area contributed by atoms with Gasteiger partial charge in [0.05, 0.1) is 13.2 Å². The van der Waals surface area contributed by atoms with Gasteiger partial charge in [-0.25, -0.2) is 9.59 Å². The van der Waals surface area contributed by atoms with Crippen LogP contribution in [0, 0.1) is 0 Å². The van der Waals surface area contributed by atoms with Crippen molar-refractivity contribution in [2.75, 3.05) is 27.2 Å². The number of nitrogens with one attached hydrogen (secondary N) is 2. The molecule has 2 aliphatic rings. The molecule has 4 rings (SSSR count). The van der Waals surface area contributed by atoms with Gasteiger partial charge in [0, 0.05) is 32.7 Å². The van der Waals surface area contributed by atoms with Crippen LogP contribution in [0.5, 0.6) is 5.75 Å². The molecule has 7 heteroatoms. The highest BCUT2D eigenvalue weighted by molar-refractivity contribution is 5.84. The first kappa shape index (κ1) is 20.3. The molecule has 0 aromatic heterocycles. The van der Waals surface area contributed by atoms with Gasteiger partial charge in [0.2, 0.25) is 0 Å². The normalized spacial score (nSPS) is 18.7. The van der Waals surface area contributed by atoms with Gasteiger partial charge in [-0.1, -0.05) is 18.2 Å². The third-order valence-corrected chi connectivity index (χ3v) is 6.02. The number of rotatable bonds is 5. The third-order valence-electron chi connectivity index (χ3n) is 6.02. The van der Waals surface area contributed by atoms with Crippen LogP contribution in [-0.4, -0.2) is 61.2 Å². The number of amides is 4. The van der Waals surface area contributed by atoms with E-state index in [0.29, 0.717) is 19.1 Å². The van der Waals surface area contributed by atoms with Crippen molar-refractivity contribution in [3.63, 3.8) is 0 Å². The SMILES string of the molecule is CNC(=O)N1CCCC(N(C(=O)NCc2ccc3ccc(OC)cc3c2)C2CC2)C1. The molecule has 1 aliphatic carbocycles. The average Bonchev–Trinajstić information content (AvgIpc) is 3.62. The molecule has 1 unspecified atom stereocenters. The number of ether oxygens (including phenoxy) is 1. The second kappa shape index (κ2) is 8.81. The zero-order chi connectivity index (χ0) is 21.1. The predicted molar refractivity (Wildman–Crippen MR) is 117 cm³/mol. The van der Waals surface area contributed by atoms with Gasteiger partial charge in [0.15, 0.2) is 0 Å². The molecule has 1 aliphatic heterocycles. The lowest BCUT2D eigenvalue weighted by Crippen LogP contribution is -2.56. The van der Waals surface area contributed by atoms with Crippen LogP contribution >= 0.6 is 0 Å². The Labute approximate surface area is 177 Å². The largest absolute Gasteiger partial charge is 0.497 e. The summed E-state index contributed by atoms with van der Waals surface area (Å²) in [6.07, 6.45) is 3.94. The standard InChI is InChI=1S/C23H30N4O3/c1-24-22(28)26-11-3-4-20(15-26)27(19-8-9-19)23(29)25-14-16-5-6-17-7-10-21(30-2)13-18(17)12-16/h5-7,10,12-13,19-20H,3-4,8-9,11,14-15H2,1-2H3,(H,24,28)(H,25,29). The summed E-state index contributed by atoms with van der Waals surface area (Å²) in [5, 5.41) is 8.03.